The van der Waals surface area contributed by atoms with Gasteiger partial charge in [-0.15, -0.1) is 11.6 Å². The molecule has 1 unspecified atom stereocenters. The highest BCUT2D eigenvalue weighted by Gasteiger charge is 2.14. The Morgan fingerprint density at radius 2 is 1.70 bits per heavy atom. The summed E-state index contributed by atoms with van der Waals surface area (Å²) in [6.07, 6.45) is 1.05. The Morgan fingerprint density at radius 1 is 1.05 bits per heavy atom. The van der Waals surface area contributed by atoms with Gasteiger partial charge in [0, 0.05) is 5.02 Å². The molecule has 2 aromatic rings. The molecule has 0 radical (unpaired) electrons. The van der Waals surface area contributed by atoms with Crippen LogP contribution in [-0.2, 0) is 6.42 Å². The van der Waals surface area contributed by atoms with E-state index in [1.165, 1.54) is 17.7 Å². The van der Waals surface area contributed by atoms with Crippen molar-refractivity contribution in [2.75, 3.05) is 0 Å². The minimum atomic E-state index is -0.365. The molecule has 1 atom stereocenters. The van der Waals surface area contributed by atoms with Crippen molar-refractivity contribution in [3.8, 4) is 0 Å². The van der Waals surface area contributed by atoms with Gasteiger partial charge in [0.05, 0.1) is 5.38 Å². The van der Waals surface area contributed by atoms with Gasteiger partial charge in [0.1, 0.15) is 5.82 Å². The highest BCUT2D eigenvalue weighted by Crippen LogP contribution is 2.34. The van der Waals surface area contributed by atoms with Gasteiger partial charge in [-0.2, -0.15) is 0 Å². The Bertz CT molecular complexity index is 576. The van der Waals surface area contributed by atoms with Crippen LogP contribution in [0.3, 0.4) is 0 Å². The van der Waals surface area contributed by atoms with Gasteiger partial charge in [0.2, 0.25) is 0 Å². The van der Waals surface area contributed by atoms with Crippen LogP contribution >= 0.6 is 23.2 Å². The van der Waals surface area contributed by atoms with E-state index < -0.39 is 0 Å². The van der Waals surface area contributed by atoms with Crippen molar-refractivity contribution >= 4 is 23.2 Å². The van der Waals surface area contributed by atoms with Gasteiger partial charge in [0.15, 0.2) is 0 Å². The molecule has 0 nitrogen and oxygen atoms in total. The monoisotopic (exact) mass is 310 g/mol. The average Bonchev–Trinajstić information content (AvgIpc) is 2.38. The van der Waals surface area contributed by atoms with Crippen LogP contribution < -0.4 is 0 Å². The van der Waals surface area contributed by atoms with Crippen molar-refractivity contribution in [3.63, 3.8) is 0 Å². The summed E-state index contributed by atoms with van der Waals surface area (Å²) in [6.45, 7) is 4.38. The Balaban J connectivity index is 2.22. The molecular formula is C17H17Cl2F. The van der Waals surface area contributed by atoms with E-state index in [1.807, 2.05) is 12.1 Å². The molecule has 0 amide bonds. The number of alkyl halides is 1. The maximum absolute atomic E-state index is 13.1. The van der Waals surface area contributed by atoms with Gasteiger partial charge in [-0.3, -0.25) is 0 Å². The Labute approximate surface area is 129 Å². The molecule has 0 spiro atoms. The van der Waals surface area contributed by atoms with Crippen molar-refractivity contribution in [2.24, 2.45) is 5.92 Å². The van der Waals surface area contributed by atoms with E-state index in [-0.39, 0.29) is 11.2 Å². The molecule has 20 heavy (non-hydrogen) atoms. The molecule has 2 aromatic carbocycles. The average molecular weight is 311 g/mol. The van der Waals surface area contributed by atoms with Crippen molar-refractivity contribution in [2.45, 2.75) is 25.6 Å². The minimum Gasteiger partial charge on any atom is -0.207 e. The van der Waals surface area contributed by atoms with Gasteiger partial charge in [-0.1, -0.05) is 55.8 Å². The van der Waals surface area contributed by atoms with Crippen molar-refractivity contribution in [1.29, 1.82) is 0 Å². The van der Waals surface area contributed by atoms with E-state index in [1.54, 1.807) is 6.07 Å². The molecule has 106 valence electrons. The zero-order valence-corrected chi connectivity index (χ0v) is 13.0. The van der Waals surface area contributed by atoms with E-state index in [2.05, 4.69) is 26.0 Å². The molecule has 0 saturated carbocycles. The largest absolute Gasteiger partial charge is 0.207 e. The van der Waals surface area contributed by atoms with E-state index in [0.29, 0.717) is 10.9 Å². The van der Waals surface area contributed by atoms with Crippen molar-refractivity contribution in [3.05, 3.63) is 70.0 Å². The normalized spacial score (nSPS) is 12.7. The van der Waals surface area contributed by atoms with Crippen LogP contribution in [0.2, 0.25) is 5.02 Å². The number of rotatable bonds is 4. The summed E-state index contributed by atoms with van der Waals surface area (Å²) in [6, 6.07) is 12.5. The molecule has 0 N–H and O–H groups in total. The first-order chi connectivity index (χ1) is 9.47. The number of benzene rings is 2. The van der Waals surface area contributed by atoms with Gasteiger partial charge in [-0.05, 0) is 41.2 Å². The number of hydrogen-bond acceptors (Lipinski definition) is 0. The quantitative estimate of drug-likeness (QED) is 0.607. The predicted molar refractivity (Wildman–Crippen MR) is 84.1 cm³/mol. The van der Waals surface area contributed by atoms with Crippen molar-refractivity contribution < 1.29 is 4.39 Å². The van der Waals surface area contributed by atoms with Crippen LogP contribution in [0.25, 0.3) is 0 Å². The lowest BCUT2D eigenvalue weighted by atomic mass is 9.99. The third-order valence-corrected chi connectivity index (χ3v) is 3.97. The first kappa shape index (κ1) is 15.3. The highest BCUT2D eigenvalue weighted by molar-refractivity contribution is 6.33. The minimum absolute atomic E-state index is 0.352. The summed E-state index contributed by atoms with van der Waals surface area (Å²) < 4.78 is 13.1. The summed E-state index contributed by atoms with van der Waals surface area (Å²) in [5.41, 5.74) is 2.98. The maximum Gasteiger partial charge on any atom is 0.124 e. The van der Waals surface area contributed by atoms with E-state index in [9.17, 15) is 4.39 Å². The summed E-state index contributed by atoms with van der Waals surface area (Å²) in [7, 11) is 0. The SMILES string of the molecule is CC(C)Cc1ccc(C(Cl)c2ccc(F)cc2Cl)cc1. The Hall–Kier alpha value is -1.05. The van der Waals surface area contributed by atoms with Gasteiger partial charge in [-0.25, -0.2) is 4.39 Å². The first-order valence-corrected chi connectivity index (χ1v) is 7.46. The van der Waals surface area contributed by atoms with Gasteiger partial charge in [0.25, 0.3) is 0 Å². The van der Waals surface area contributed by atoms with Gasteiger partial charge < -0.3 is 0 Å². The summed E-state index contributed by atoms with van der Waals surface area (Å²) in [5, 5.41) is -0.00698. The number of halogens is 3. The van der Waals surface area contributed by atoms with Crippen LogP contribution in [0.4, 0.5) is 4.39 Å². The zero-order chi connectivity index (χ0) is 14.7. The molecule has 0 heterocycles. The lowest BCUT2D eigenvalue weighted by Crippen LogP contribution is -1.97. The molecule has 0 fully saturated rings. The van der Waals surface area contributed by atoms with E-state index in [0.717, 1.165) is 17.5 Å². The Kier molecular flexibility index (Phi) is 5.06. The molecule has 3 heteroatoms. The third kappa shape index (κ3) is 3.74. The zero-order valence-electron chi connectivity index (χ0n) is 11.5. The highest BCUT2D eigenvalue weighted by atomic mass is 35.5. The first-order valence-electron chi connectivity index (χ1n) is 6.65. The van der Waals surface area contributed by atoms with E-state index in [4.69, 9.17) is 23.2 Å². The summed E-state index contributed by atoms with van der Waals surface area (Å²) >= 11 is 12.5. The smallest absolute Gasteiger partial charge is 0.124 e. The second-order valence-electron chi connectivity index (χ2n) is 5.37. The van der Waals surface area contributed by atoms with Crippen LogP contribution in [0.5, 0.6) is 0 Å². The maximum atomic E-state index is 13.1. The lowest BCUT2D eigenvalue weighted by molar-refractivity contribution is 0.627. The third-order valence-electron chi connectivity index (χ3n) is 3.15. The second-order valence-corrected chi connectivity index (χ2v) is 6.21. The summed E-state index contributed by atoms with van der Waals surface area (Å²) in [5.74, 6) is 0.272. The Morgan fingerprint density at radius 3 is 2.25 bits per heavy atom. The van der Waals surface area contributed by atoms with Crippen LogP contribution in [-0.4, -0.2) is 0 Å². The second kappa shape index (κ2) is 6.60. The molecule has 0 aliphatic rings. The molecule has 2 rings (SSSR count). The van der Waals surface area contributed by atoms with Crippen molar-refractivity contribution in [1.82, 2.24) is 0 Å². The fourth-order valence-electron chi connectivity index (χ4n) is 2.18. The van der Waals surface area contributed by atoms with Crippen LogP contribution in [0.15, 0.2) is 42.5 Å². The topological polar surface area (TPSA) is 0 Å². The fraction of sp³-hybridized carbons (Fsp3) is 0.294. The van der Waals surface area contributed by atoms with Crippen LogP contribution in [0, 0.1) is 11.7 Å². The molecule has 0 aliphatic heterocycles. The van der Waals surface area contributed by atoms with Crippen LogP contribution in [0.1, 0.15) is 35.9 Å². The molecule has 0 aromatic heterocycles. The lowest BCUT2D eigenvalue weighted by Gasteiger charge is -2.13. The predicted octanol–water partition coefficient (Wildman–Crippen LogP) is 6.01. The molecule has 0 aliphatic carbocycles. The van der Waals surface area contributed by atoms with Gasteiger partial charge >= 0.3 is 0 Å². The number of hydrogen-bond donors (Lipinski definition) is 0. The standard InChI is InChI=1S/C17H17Cl2F/c1-11(2)9-12-3-5-13(6-4-12)17(19)15-8-7-14(20)10-16(15)18/h3-8,10-11,17H,9H2,1-2H3. The molecular weight excluding hydrogens is 294 g/mol. The summed E-state index contributed by atoms with van der Waals surface area (Å²) in [4.78, 5) is 0. The molecule has 0 bridgehead atoms. The van der Waals surface area contributed by atoms with E-state index >= 15 is 0 Å². The fourth-order valence-corrected chi connectivity index (χ4v) is 2.85. The molecule has 0 saturated heterocycles.